The van der Waals surface area contributed by atoms with E-state index >= 15 is 0 Å². The maximum absolute atomic E-state index is 11.0. The van der Waals surface area contributed by atoms with Crippen LogP contribution in [0.4, 0.5) is 0 Å². The first kappa shape index (κ1) is 10.2. The third kappa shape index (κ3) is 3.55. The molecule has 1 N–H and O–H groups in total. The second-order valence-corrected chi connectivity index (χ2v) is 5.16. The van der Waals surface area contributed by atoms with E-state index in [1.165, 1.54) is 11.3 Å². The van der Waals surface area contributed by atoms with Gasteiger partial charge in [-0.05, 0) is 11.4 Å². The fourth-order valence-electron chi connectivity index (χ4n) is 0.730. The van der Waals surface area contributed by atoms with Gasteiger partial charge in [0.15, 0.2) is 5.75 Å². The summed E-state index contributed by atoms with van der Waals surface area (Å²) in [5.41, 5.74) is 0. The molecule has 0 bridgehead atoms. The monoisotopic (exact) mass is 216 g/mol. The van der Waals surface area contributed by atoms with Gasteiger partial charge in [0.2, 0.25) is 10.0 Å². The highest BCUT2D eigenvalue weighted by molar-refractivity contribution is 7.89. The van der Waals surface area contributed by atoms with Crippen LogP contribution in [-0.4, -0.2) is 14.2 Å². The van der Waals surface area contributed by atoms with E-state index < -0.39 is 15.8 Å². The van der Waals surface area contributed by atoms with Crippen LogP contribution in [0, 0.1) is 11.3 Å². The summed E-state index contributed by atoms with van der Waals surface area (Å²) in [4.78, 5) is 0.932. The van der Waals surface area contributed by atoms with E-state index in [0.29, 0.717) is 0 Å². The smallest absolute Gasteiger partial charge is 0.211 e. The van der Waals surface area contributed by atoms with E-state index in [9.17, 15) is 8.42 Å². The van der Waals surface area contributed by atoms with Crippen LogP contribution in [0.3, 0.4) is 0 Å². The number of hydrogen-bond acceptors (Lipinski definition) is 4. The second kappa shape index (κ2) is 4.37. The lowest BCUT2D eigenvalue weighted by atomic mass is 10.5. The van der Waals surface area contributed by atoms with E-state index in [4.69, 9.17) is 5.26 Å². The SMILES string of the molecule is N#CCS(=O)(=O)NCc1cccs1. The van der Waals surface area contributed by atoms with Gasteiger partial charge < -0.3 is 0 Å². The zero-order valence-corrected chi connectivity index (χ0v) is 8.36. The van der Waals surface area contributed by atoms with Crippen molar-refractivity contribution < 1.29 is 8.42 Å². The van der Waals surface area contributed by atoms with Crippen molar-refractivity contribution in [1.29, 1.82) is 5.26 Å². The highest BCUT2D eigenvalue weighted by Crippen LogP contribution is 2.07. The van der Waals surface area contributed by atoms with Crippen LogP contribution >= 0.6 is 11.3 Å². The molecule has 0 saturated heterocycles. The minimum atomic E-state index is -3.41. The molecular weight excluding hydrogens is 208 g/mol. The zero-order valence-electron chi connectivity index (χ0n) is 6.73. The molecule has 0 radical (unpaired) electrons. The standard InChI is InChI=1S/C7H8N2O2S2/c8-3-5-13(10,11)9-6-7-2-1-4-12-7/h1-2,4,9H,5-6H2. The summed E-state index contributed by atoms with van der Waals surface area (Å²) < 4.78 is 24.3. The van der Waals surface area contributed by atoms with Crippen LogP contribution in [0.2, 0.25) is 0 Å². The molecule has 1 aromatic heterocycles. The minimum absolute atomic E-state index is 0.266. The van der Waals surface area contributed by atoms with Crippen molar-refractivity contribution in [2.45, 2.75) is 6.54 Å². The van der Waals surface area contributed by atoms with Gasteiger partial charge in [-0.3, -0.25) is 0 Å². The van der Waals surface area contributed by atoms with Crippen LogP contribution in [0.1, 0.15) is 4.88 Å². The molecule has 0 aliphatic rings. The minimum Gasteiger partial charge on any atom is -0.211 e. The number of nitrogens with zero attached hydrogens (tertiary/aromatic N) is 1. The van der Waals surface area contributed by atoms with Gasteiger partial charge in [-0.2, -0.15) is 5.26 Å². The highest BCUT2D eigenvalue weighted by atomic mass is 32.2. The molecule has 0 aliphatic heterocycles. The average Bonchev–Trinajstić information content (AvgIpc) is 2.52. The summed E-state index contributed by atoms with van der Waals surface area (Å²) >= 11 is 1.47. The van der Waals surface area contributed by atoms with E-state index in [1.807, 2.05) is 17.5 Å². The Labute approximate surface area is 80.9 Å². The molecule has 0 saturated carbocycles. The molecule has 0 aromatic carbocycles. The second-order valence-electron chi connectivity index (χ2n) is 2.32. The molecule has 70 valence electrons. The number of nitrogens with one attached hydrogen (secondary N) is 1. The zero-order chi connectivity index (χ0) is 9.73. The molecule has 0 unspecified atom stereocenters. The van der Waals surface area contributed by atoms with Gasteiger partial charge >= 0.3 is 0 Å². The van der Waals surface area contributed by atoms with E-state index in [0.717, 1.165) is 4.88 Å². The lowest BCUT2D eigenvalue weighted by molar-refractivity contribution is 0.585. The first-order chi connectivity index (χ1) is 6.14. The third-order valence-electron chi connectivity index (χ3n) is 1.30. The first-order valence-electron chi connectivity index (χ1n) is 3.51. The van der Waals surface area contributed by atoms with Gasteiger partial charge in [-0.15, -0.1) is 11.3 Å². The molecule has 13 heavy (non-hydrogen) atoms. The Bertz CT molecular complexity index is 389. The molecule has 0 fully saturated rings. The Morgan fingerprint density at radius 3 is 2.92 bits per heavy atom. The topological polar surface area (TPSA) is 70.0 Å². The quantitative estimate of drug-likeness (QED) is 0.805. The lowest BCUT2D eigenvalue weighted by Crippen LogP contribution is -2.24. The third-order valence-corrected chi connectivity index (χ3v) is 3.27. The maximum atomic E-state index is 11.0. The van der Waals surface area contributed by atoms with E-state index in [1.54, 1.807) is 6.07 Å². The van der Waals surface area contributed by atoms with Crippen molar-refractivity contribution in [2.75, 3.05) is 5.75 Å². The molecule has 6 heteroatoms. The predicted octanol–water partition coefficient (Wildman–Crippen LogP) is 0.691. The van der Waals surface area contributed by atoms with Crippen molar-refractivity contribution >= 4 is 21.4 Å². The molecule has 1 heterocycles. The Kier molecular flexibility index (Phi) is 3.42. The average molecular weight is 216 g/mol. The molecular formula is C7H8N2O2S2. The molecule has 1 aromatic rings. The number of nitriles is 1. The molecule has 0 aliphatic carbocycles. The van der Waals surface area contributed by atoms with Gasteiger partial charge in [-0.1, -0.05) is 6.07 Å². The number of thiophene rings is 1. The first-order valence-corrected chi connectivity index (χ1v) is 6.04. The van der Waals surface area contributed by atoms with Gasteiger partial charge in [0.1, 0.15) is 0 Å². The Hall–Kier alpha value is -0.900. The van der Waals surface area contributed by atoms with Crippen molar-refractivity contribution in [3.05, 3.63) is 22.4 Å². The Balaban J connectivity index is 2.49. The summed E-state index contributed by atoms with van der Waals surface area (Å²) in [5, 5.41) is 10.1. The van der Waals surface area contributed by atoms with Gasteiger partial charge in [0.05, 0.1) is 6.07 Å². The van der Waals surface area contributed by atoms with Gasteiger partial charge in [0, 0.05) is 11.4 Å². The predicted molar refractivity (Wildman–Crippen MR) is 50.6 cm³/mol. The van der Waals surface area contributed by atoms with Crippen molar-refractivity contribution in [2.24, 2.45) is 0 Å². The van der Waals surface area contributed by atoms with E-state index in [-0.39, 0.29) is 6.54 Å². The van der Waals surface area contributed by atoms with Crippen LogP contribution in [0.25, 0.3) is 0 Å². The fourth-order valence-corrected chi connectivity index (χ4v) is 2.11. The van der Waals surface area contributed by atoms with Crippen LogP contribution < -0.4 is 4.72 Å². The molecule has 0 spiro atoms. The van der Waals surface area contributed by atoms with Crippen LogP contribution in [-0.2, 0) is 16.6 Å². The van der Waals surface area contributed by atoms with E-state index in [2.05, 4.69) is 4.72 Å². The van der Waals surface area contributed by atoms with Gasteiger partial charge in [0.25, 0.3) is 0 Å². The Morgan fingerprint density at radius 2 is 2.38 bits per heavy atom. The largest absolute Gasteiger partial charge is 0.225 e. The summed E-state index contributed by atoms with van der Waals surface area (Å²) in [5.74, 6) is -0.488. The van der Waals surface area contributed by atoms with Crippen molar-refractivity contribution in [1.82, 2.24) is 4.72 Å². The molecule has 1 rings (SSSR count). The van der Waals surface area contributed by atoms with Crippen LogP contribution in [0.5, 0.6) is 0 Å². The molecule has 4 nitrogen and oxygen atoms in total. The fraction of sp³-hybridized carbons (Fsp3) is 0.286. The lowest BCUT2D eigenvalue weighted by Gasteiger charge is -1.99. The normalized spacial score (nSPS) is 11.0. The van der Waals surface area contributed by atoms with Crippen LogP contribution in [0.15, 0.2) is 17.5 Å². The summed E-state index contributed by atoms with van der Waals surface area (Å²) in [6.45, 7) is 0.266. The number of rotatable bonds is 4. The summed E-state index contributed by atoms with van der Waals surface area (Å²) in [7, 11) is -3.41. The summed E-state index contributed by atoms with van der Waals surface area (Å²) in [6.07, 6.45) is 0. The highest BCUT2D eigenvalue weighted by Gasteiger charge is 2.08. The Morgan fingerprint density at radius 1 is 1.62 bits per heavy atom. The number of hydrogen-bond donors (Lipinski definition) is 1. The molecule has 0 atom stereocenters. The van der Waals surface area contributed by atoms with Gasteiger partial charge in [-0.25, -0.2) is 13.1 Å². The summed E-state index contributed by atoms with van der Waals surface area (Å²) in [6, 6.07) is 5.27. The van der Waals surface area contributed by atoms with Crippen molar-refractivity contribution in [3.8, 4) is 6.07 Å². The number of sulfonamides is 1. The van der Waals surface area contributed by atoms with Crippen molar-refractivity contribution in [3.63, 3.8) is 0 Å². The maximum Gasteiger partial charge on any atom is 0.225 e. The molecule has 0 amide bonds.